The fourth-order valence-electron chi connectivity index (χ4n) is 7.05. The maximum absolute atomic E-state index is 12.1. The fourth-order valence-corrected chi connectivity index (χ4v) is 15.4. The van der Waals surface area contributed by atoms with Crippen LogP contribution in [0.25, 0.3) is 0 Å². The number of aliphatic hydroxyl groups is 2. The van der Waals surface area contributed by atoms with E-state index in [4.69, 9.17) is 37.9 Å². The van der Waals surface area contributed by atoms with Crippen molar-refractivity contribution in [1.82, 2.24) is 0 Å². The molecule has 4 aromatic carbocycles. The predicted molar refractivity (Wildman–Crippen MR) is 368 cm³/mol. The zero-order valence-electron chi connectivity index (χ0n) is 43.6. The number of ether oxygens (including phenoxy) is 8. The zero-order chi connectivity index (χ0) is 57.2. The topological polar surface area (TPSA) is 183 Å². The summed E-state index contributed by atoms with van der Waals surface area (Å²) in [4.78, 5) is 47.4. The summed E-state index contributed by atoms with van der Waals surface area (Å²) < 4.78 is 52.2. The SMILES string of the molecule is CC(CCCCCCCCC(=O)OCC(O)COC(=O)CCCCCCCCC(C)Oc1c(I)cc(I)cc1I)Oc1c(I)cc(I)cc1I.O=C(COc1ccc(I)cc1)OCC(O)COC(=O)COc1ccc(I)cc1. The van der Waals surface area contributed by atoms with E-state index in [0.717, 1.165) is 123 Å². The maximum Gasteiger partial charge on any atom is 0.344 e. The first-order valence-corrected chi connectivity index (χ1v) is 34.3. The number of carbonyl (C=O) groups is 4. The summed E-state index contributed by atoms with van der Waals surface area (Å²) >= 11 is 18.3. The largest absolute Gasteiger partial charge is 0.488 e. The number of aliphatic hydroxyl groups excluding tert-OH is 2. The summed E-state index contributed by atoms with van der Waals surface area (Å²) in [5.74, 6) is 1.15. The van der Waals surface area contributed by atoms with Gasteiger partial charge in [0.25, 0.3) is 0 Å². The van der Waals surface area contributed by atoms with Gasteiger partial charge in [-0.05, 0) is 306 Å². The number of unbranched alkanes of at least 4 members (excludes halogenated alkanes) is 10. The smallest absolute Gasteiger partial charge is 0.344 e. The molecule has 78 heavy (non-hydrogen) atoms. The second-order valence-corrected chi connectivity index (χ2v) is 27.7. The van der Waals surface area contributed by atoms with Crippen LogP contribution in [0, 0.1) is 28.6 Å². The van der Waals surface area contributed by atoms with Crippen LogP contribution in [-0.2, 0) is 38.1 Å². The fraction of sp³-hybridized carbons (Fsp3) is 0.500. The molecule has 0 aliphatic carbocycles. The van der Waals surface area contributed by atoms with Crippen LogP contribution in [0.5, 0.6) is 23.0 Å². The highest BCUT2D eigenvalue weighted by Crippen LogP contribution is 2.32. The monoisotopic (exact) mass is 1980 g/mol. The van der Waals surface area contributed by atoms with Crippen LogP contribution >= 0.6 is 181 Å². The lowest BCUT2D eigenvalue weighted by Gasteiger charge is -2.17. The van der Waals surface area contributed by atoms with Gasteiger partial charge in [0.15, 0.2) is 13.2 Å². The minimum Gasteiger partial charge on any atom is -0.488 e. The number of carbonyl (C=O) groups excluding carboxylic acids is 4. The Bertz CT molecular complexity index is 2190. The summed E-state index contributed by atoms with van der Waals surface area (Å²) in [6, 6.07) is 22.9. The third-order valence-corrected chi connectivity index (χ3v) is 17.0. The molecule has 0 saturated carbocycles. The van der Waals surface area contributed by atoms with Crippen LogP contribution in [-0.4, -0.2) is 98.1 Å². The molecule has 14 nitrogen and oxygen atoms in total. The summed E-state index contributed by atoms with van der Waals surface area (Å²) in [5.41, 5.74) is 0. The highest BCUT2D eigenvalue weighted by atomic mass is 127. The molecule has 0 aliphatic heterocycles. The van der Waals surface area contributed by atoms with Crippen molar-refractivity contribution < 1.29 is 67.3 Å². The van der Waals surface area contributed by atoms with E-state index in [2.05, 4.69) is 219 Å². The normalized spacial score (nSPS) is 12.1. The van der Waals surface area contributed by atoms with Crippen LogP contribution < -0.4 is 18.9 Å². The van der Waals surface area contributed by atoms with Gasteiger partial charge in [-0.1, -0.05) is 51.4 Å². The van der Waals surface area contributed by atoms with Gasteiger partial charge in [-0.3, -0.25) is 9.59 Å². The van der Waals surface area contributed by atoms with Crippen LogP contribution in [0.3, 0.4) is 0 Å². The van der Waals surface area contributed by atoms with Gasteiger partial charge >= 0.3 is 23.9 Å². The van der Waals surface area contributed by atoms with Crippen molar-refractivity contribution in [3.05, 3.63) is 101 Å². The molecule has 0 spiro atoms. The van der Waals surface area contributed by atoms with E-state index in [1.165, 1.54) is 7.14 Å². The van der Waals surface area contributed by atoms with Gasteiger partial charge < -0.3 is 48.1 Å². The van der Waals surface area contributed by atoms with Crippen LogP contribution in [0.2, 0.25) is 0 Å². The van der Waals surface area contributed by atoms with E-state index >= 15 is 0 Å². The van der Waals surface area contributed by atoms with Crippen molar-refractivity contribution in [3.63, 3.8) is 0 Å². The standard InChI is InChI=1S/C37H50I6O7.C19H18I2O7/c1-25(49-36-30(40)19-27(38)20-31(36)41)15-11-7-3-5-9-13-17-34(45)47-23-29(44)24-48-35(46)18-14-10-6-4-8-12-16-26(2)50-37-32(42)21-28(39)22-33(37)43;20-13-1-5-16(6-2-13)25-11-18(23)27-9-15(22)10-28-19(24)12-26-17-7-3-14(21)4-8-17/h19-22,25-26,29,44H,3-18,23-24H2,1-2H3;1-8,15,22H,9-12H2. The van der Waals surface area contributed by atoms with Gasteiger partial charge in [-0.25, -0.2) is 9.59 Å². The molecule has 4 aromatic rings. The Morgan fingerprint density at radius 2 is 0.679 bits per heavy atom. The van der Waals surface area contributed by atoms with Gasteiger partial charge in [0.1, 0.15) is 61.6 Å². The van der Waals surface area contributed by atoms with E-state index < -0.39 is 24.1 Å². The Kier molecular flexibility index (Phi) is 39.2. The van der Waals surface area contributed by atoms with E-state index in [1.54, 1.807) is 24.3 Å². The molecule has 0 bridgehead atoms. The lowest BCUT2D eigenvalue weighted by atomic mass is 10.1. The molecule has 0 heterocycles. The Hall–Kier alpha value is -0.280. The maximum atomic E-state index is 12.1. The molecule has 0 radical (unpaired) electrons. The average Bonchev–Trinajstić information content (AvgIpc) is 3.39. The second-order valence-electron chi connectivity index (χ2n) is 18.1. The number of rotatable bonds is 36. The lowest BCUT2D eigenvalue weighted by Crippen LogP contribution is -2.28. The van der Waals surface area contributed by atoms with Gasteiger partial charge in [0.2, 0.25) is 0 Å². The quantitative estimate of drug-likeness (QED) is 0.0190. The molecule has 0 saturated heterocycles. The van der Waals surface area contributed by atoms with Crippen molar-refractivity contribution in [1.29, 1.82) is 0 Å². The van der Waals surface area contributed by atoms with Crippen molar-refractivity contribution in [2.45, 2.75) is 141 Å². The van der Waals surface area contributed by atoms with E-state index in [9.17, 15) is 29.4 Å². The van der Waals surface area contributed by atoms with Gasteiger partial charge in [-0.15, -0.1) is 0 Å². The zero-order valence-corrected chi connectivity index (χ0v) is 60.9. The van der Waals surface area contributed by atoms with Gasteiger partial charge in [0, 0.05) is 27.1 Å². The van der Waals surface area contributed by atoms with Gasteiger partial charge in [-0.2, -0.15) is 0 Å². The van der Waals surface area contributed by atoms with Gasteiger partial charge in [0.05, 0.1) is 26.5 Å². The molecular formula is C56H68I8O14. The predicted octanol–water partition coefficient (Wildman–Crippen LogP) is 15.0. The number of esters is 4. The Morgan fingerprint density at radius 1 is 0.397 bits per heavy atom. The molecule has 0 aliphatic rings. The first-order chi connectivity index (χ1) is 37.3. The highest BCUT2D eigenvalue weighted by molar-refractivity contribution is 14.1. The molecule has 2 N–H and O–H groups in total. The highest BCUT2D eigenvalue weighted by Gasteiger charge is 2.17. The third-order valence-electron chi connectivity index (χ3n) is 11.1. The summed E-state index contributed by atoms with van der Waals surface area (Å²) in [6.45, 7) is 2.79. The second kappa shape index (κ2) is 42.5. The molecule has 432 valence electrons. The average molecular weight is 1980 g/mol. The molecule has 22 heteroatoms. The summed E-state index contributed by atoms with van der Waals surface area (Å²) in [6.07, 6.45) is 13.4. The van der Waals surface area contributed by atoms with E-state index in [0.29, 0.717) is 24.3 Å². The minimum absolute atomic E-state index is 0.153. The van der Waals surface area contributed by atoms with Crippen molar-refractivity contribution >= 4 is 205 Å². The molecule has 2 atom stereocenters. The Balaban J connectivity index is 0.000000480. The lowest BCUT2D eigenvalue weighted by molar-refractivity contribution is -0.155. The number of benzene rings is 4. The first kappa shape index (κ1) is 72.0. The number of hydrogen-bond acceptors (Lipinski definition) is 14. The third kappa shape index (κ3) is 33.9. The van der Waals surface area contributed by atoms with E-state index in [1.807, 2.05) is 24.3 Å². The number of hydrogen-bond donors (Lipinski definition) is 2. The molecule has 0 aromatic heterocycles. The summed E-state index contributed by atoms with van der Waals surface area (Å²) in [5, 5.41) is 19.8. The van der Waals surface area contributed by atoms with E-state index in [-0.39, 0.29) is 63.8 Å². The Labute approximate surface area is 569 Å². The molecule has 2 unspecified atom stereocenters. The molecule has 0 fully saturated rings. The molecule has 0 amide bonds. The van der Waals surface area contributed by atoms with Crippen LogP contribution in [0.15, 0.2) is 72.8 Å². The number of halogens is 8. The van der Waals surface area contributed by atoms with Crippen molar-refractivity contribution in [2.75, 3.05) is 39.6 Å². The molecular weight excluding hydrogens is 1910 g/mol. The van der Waals surface area contributed by atoms with Crippen molar-refractivity contribution in [2.24, 2.45) is 0 Å². The molecule has 4 rings (SSSR count). The van der Waals surface area contributed by atoms with Crippen LogP contribution in [0.1, 0.15) is 117 Å². The summed E-state index contributed by atoms with van der Waals surface area (Å²) in [7, 11) is 0. The van der Waals surface area contributed by atoms with Crippen LogP contribution in [0.4, 0.5) is 0 Å². The Morgan fingerprint density at radius 3 is 1.00 bits per heavy atom. The van der Waals surface area contributed by atoms with Crippen molar-refractivity contribution in [3.8, 4) is 23.0 Å². The minimum atomic E-state index is -1.13. The first-order valence-electron chi connectivity index (χ1n) is 25.7.